The van der Waals surface area contributed by atoms with E-state index in [0.717, 1.165) is 6.42 Å². The van der Waals surface area contributed by atoms with Crippen molar-refractivity contribution in [3.63, 3.8) is 0 Å². The molecule has 0 N–H and O–H groups in total. The molecule has 0 aliphatic rings. The van der Waals surface area contributed by atoms with Gasteiger partial charge in [0.1, 0.15) is 7.11 Å². The second-order valence-electron chi connectivity index (χ2n) is 2.08. The van der Waals surface area contributed by atoms with Crippen LogP contribution in [0, 0.1) is 6.07 Å². The molecule has 0 saturated heterocycles. The maximum atomic E-state index is 4.53. The number of oxime groups is 1. The smallest absolute Gasteiger partial charge is 0.106 e. The Hall–Kier alpha value is -1.31. The Bertz CT molecular complexity index is 218. The zero-order valence-electron chi connectivity index (χ0n) is 6.45. The summed E-state index contributed by atoms with van der Waals surface area (Å²) in [4.78, 5) is 4.53. The molecular formula is C9H10NO. The lowest BCUT2D eigenvalue weighted by atomic mass is 10.2. The molecule has 0 atom stereocenters. The third kappa shape index (κ3) is 2.85. The highest BCUT2D eigenvalue weighted by molar-refractivity contribution is 5.60. The quantitative estimate of drug-likeness (QED) is 0.472. The van der Waals surface area contributed by atoms with Gasteiger partial charge < -0.3 is 4.84 Å². The summed E-state index contributed by atoms with van der Waals surface area (Å²) in [5, 5.41) is 3.63. The molecule has 0 heterocycles. The predicted octanol–water partition coefficient (Wildman–Crippen LogP) is 1.66. The molecule has 0 saturated carbocycles. The fraction of sp³-hybridized carbons (Fsp3) is 0.222. The first kappa shape index (κ1) is 7.79. The highest BCUT2D eigenvalue weighted by atomic mass is 16.6. The van der Waals surface area contributed by atoms with E-state index in [1.807, 2.05) is 24.3 Å². The van der Waals surface area contributed by atoms with Gasteiger partial charge >= 0.3 is 0 Å². The van der Waals surface area contributed by atoms with E-state index in [1.54, 1.807) is 6.21 Å². The second kappa shape index (κ2) is 4.50. The van der Waals surface area contributed by atoms with Gasteiger partial charge in [-0.3, -0.25) is 0 Å². The Balaban J connectivity index is 2.45. The van der Waals surface area contributed by atoms with Crippen LogP contribution < -0.4 is 0 Å². The molecule has 0 aliphatic heterocycles. The minimum atomic E-state index is 0.808. The number of rotatable bonds is 3. The van der Waals surface area contributed by atoms with Gasteiger partial charge in [-0.15, -0.1) is 0 Å². The van der Waals surface area contributed by atoms with Gasteiger partial charge in [-0.25, -0.2) is 0 Å². The van der Waals surface area contributed by atoms with Gasteiger partial charge in [0, 0.05) is 12.6 Å². The minimum absolute atomic E-state index is 0.808. The molecule has 57 valence electrons. The Morgan fingerprint density at radius 1 is 1.55 bits per heavy atom. The molecule has 1 aromatic carbocycles. The summed E-state index contributed by atoms with van der Waals surface area (Å²) in [6.45, 7) is 0. The summed E-state index contributed by atoms with van der Waals surface area (Å²) in [6, 6.07) is 10.7. The van der Waals surface area contributed by atoms with Crippen LogP contribution in [0.4, 0.5) is 0 Å². The van der Waals surface area contributed by atoms with Crippen LogP contribution in [0.1, 0.15) is 5.56 Å². The fourth-order valence-corrected chi connectivity index (χ4v) is 0.775. The Morgan fingerprint density at radius 2 is 2.27 bits per heavy atom. The lowest BCUT2D eigenvalue weighted by Gasteiger charge is -1.92. The molecule has 2 nitrogen and oxygen atoms in total. The summed E-state index contributed by atoms with van der Waals surface area (Å²) in [6.07, 6.45) is 2.54. The third-order valence-electron chi connectivity index (χ3n) is 1.29. The number of benzene rings is 1. The molecule has 11 heavy (non-hydrogen) atoms. The summed E-state index contributed by atoms with van der Waals surface area (Å²) < 4.78 is 0. The predicted molar refractivity (Wildman–Crippen MR) is 44.5 cm³/mol. The van der Waals surface area contributed by atoms with Crippen molar-refractivity contribution >= 4 is 6.21 Å². The summed E-state index contributed by atoms with van der Waals surface area (Å²) >= 11 is 0. The van der Waals surface area contributed by atoms with Crippen LogP contribution in [0.5, 0.6) is 0 Å². The molecule has 0 bridgehead atoms. The number of hydrogen-bond acceptors (Lipinski definition) is 2. The standard InChI is InChI=1S/C9H10NO/c1-11-10-8-7-9-5-3-2-4-6-9/h3-6,8H,7H2,1H3/b10-8+. The SMILES string of the molecule is CO/N=C/Cc1cc[c]cc1. The average molecular weight is 148 g/mol. The van der Waals surface area contributed by atoms with E-state index in [9.17, 15) is 0 Å². The summed E-state index contributed by atoms with van der Waals surface area (Å²) in [5.74, 6) is 0. The molecular weight excluding hydrogens is 138 g/mol. The van der Waals surface area contributed by atoms with Crippen molar-refractivity contribution in [2.45, 2.75) is 6.42 Å². The molecule has 0 fully saturated rings. The molecule has 0 aliphatic carbocycles. The van der Waals surface area contributed by atoms with E-state index in [-0.39, 0.29) is 0 Å². The highest BCUT2D eigenvalue weighted by Crippen LogP contribution is 1.96. The monoisotopic (exact) mass is 148 g/mol. The van der Waals surface area contributed by atoms with Crippen LogP contribution in [0.3, 0.4) is 0 Å². The largest absolute Gasteiger partial charge is 0.399 e. The van der Waals surface area contributed by atoms with Crippen molar-refractivity contribution in [2.24, 2.45) is 5.16 Å². The van der Waals surface area contributed by atoms with Crippen LogP contribution in [-0.2, 0) is 11.3 Å². The van der Waals surface area contributed by atoms with E-state index in [2.05, 4.69) is 16.1 Å². The van der Waals surface area contributed by atoms with Crippen molar-refractivity contribution < 1.29 is 4.84 Å². The zero-order valence-corrected chi connectivity index (χ0v) is 6.45. The van der Waals surface area contributed by atoms with E-state index in [1.165, 1.54) is 12.7 Å². The molecule has 0 amide bonds. The molecule has 2 heteroatoms. The fourth-order valence-electron chi connectivity index (χ4n) is 0.775. The van der Waals surface area contributed by atoms with Crippen LogP contribution in [-0.4, -0.2) is 13.3 Å². The summed E-state index contributed by atoms with van der Waals surface area (Å²) in [7, 11) is 1.54. The maximum Gasteiger partial charge on any atom is 0.106 e. The van der Waals surface area contributed by atoms with Gasteiger partial charge in [-0.05, 0) is 11.6 Å². The molecule has 0 unspecified atom stereocenters. The number of nitrogens with zero attached hydrogens (tertiary/aromatic N) is 1. The first-order chi connectivity index (χ1) is 5.43. The van der Waals surface area contributed by atoms with Crippen molar-refractivity contribution in [1.82, 2.24) is 0 Å². The van der Waals surface area contributed by atoms with E-state index in [0.29, 0.717) is 0 Å². The maximum absolute atomic E-state index is 4.53. The highest BCUT2D eigenvalue weighted by Gasteiger charge is 1.85. The second-order valence-corrected chi connectivity index (χ2v) is 2.08. The van der Waals surface area contributed by atoms with Gasteiger partial charge in [0.15, 0.2) is 0 Å². The summed E-state index contributed by atoms with van der Waals surface area (Å²) in [5.41, 5.74) is 1.21. The van der Waals surface area contributed by atoms with E-state index >= 15 is 0 Å². The molecule has 0 aromatic heterocycles. The third-order valence-corrected chi connectivity index (χ3v) is 1.29. The van der Waals surface area contributed by atoms with E-state index in [4.69, 9.17) is 0 Å². The van der Waals surface area contributed by atoms with Gasteiger partial charge in [0.05, 0.1) is 0 Å². The lowest BCUT2D eigenvalue weighted by molar-refractivity contribution is 0.215. The minimum Gasteiger partial charge on any atom is -0.399 e. The van der Waals surface area contributed by atoms with Crippen molar-refractivity contribution in [3.8, 4) is 0 Å². The lowest BCUT2D eigenvalue weighted by Crippen LogP contribution is -1.84. The Morgan fingerprint density at radius 3 is 2.91 bits per heavy atom. The van der Waals surface area contributed by atoms with Gasteiger partial charge in [0.25, 0.3) is 0 Å². The van der Waals surface area contributed by atoms with Crippen LogP contribution >= 0.6 is 0 Å². The van der Waals surface area contributed by atoms with Crippen molar-refractivity contribution in [3.05, 3.63) is 35.9 Å². The van der Waals surface area contributed by atoms with Crippen LogP contribution in [0.2, 0.25) is 0 Å². The number of hydrogen-bond donors (Lipinski definition) is 0. The first-order valence-corrected chi connectivity index (χ1v) is 3.43. The molecule has 1 aromatic rings. The van der Waals surface area contributed by atoms with Crippen molar-refractivity contribution in [2.75, 3.05) is 7.11 Å². The topological polar surface area (TPSA) is 21.6 Å². The zero-order chi connectivity index (χ0) is 7.94. The molecule has 0 spiro atoms. The van der Waals surface area contributed by atoms with Crippen molar-refractivity contribution in [1.29, 1.82) is 0 Å². The first-order valence-electron chi connectivity index (χ1n) is 3.43. The van der Waals surface area contributed by atoms with Crippen LogP contribution in [0.25, 0.3) is 0 Å². The molecule has 1 rings (SSSR count). The van der Waals surface area contributed by atoms with Gasteiger partial charge in [-0.1, -0.05) is 29.4 Å². The molecule has 1 radical (unpaired) electrons. The van der Waals surface area contributed by atoms with Crippen LogP contribution in [0.15, 0.2) is 29.4 Å². The normalized spacial score (nSPS) is 10.3. The van der Waals surface area contributed by atoms with Gasteiger partial charge in [0.2, 0.25) is 0 Å². The Kier molecular flexibility index (Phi) is 3.19. The van der Waals surface area contributed by atoms with E-state index < -0.39 is 0 Å². The average Bonchev–Trinajstić information content (AvgIpc) is 2.07. The van der Waals surface area contributed by atoms with Gasteiger partial charge in [-0.2, -0.15) is 0 Å². The Labute approximate surface area is 66.5 Å².